The Morgan fingerprint density at radius 3 is 1.74 bits per heavy atom. The molecule has 1 aliphatic rings. The van der Waals surface area contributed by atoms with Crippen molar-refractivity contribution in [1.29, 1.82) is 0 Å². The van der Waals surface area contributed by atoms with Gasteiger partial charge in [0, 0.05) is 6.04 Å². The molecule has 0 saturated carbocycles. The van der Waals surface area contributed by atoms with Crippen LogP contribution in [0.3, 0.4) is 0 Å². The highest BCUT2D eigenvalue weighted by Gasteiger charge is 2.48. The number of hydrogen-bond acceptors (Lipinski definition) is 2. The molecule has 1 saturated heterocycles. The fourth-order valence-corrected chi connectivity index (χ4v) is 6.64. The second kappa shape index (κ2) is 7.90. The lowest BCUT2D eigenvalue weighted by Gasteiger charge is -2.45. The molecule has 0 amide bonds. The second-order valence-corrected chi connectivity index (χ2v) is 14.1. The molecule has 0 aliphatic carbocycles. The summed E-state index contributed by atoms with van der Waals surface area (Å²) >= 11 is 0. The molecule has 0 aromatic heterocycles. The van der Waals surface area contributed by atoms with Gasteiger partial charge in [-0.05, 0) is 71.7 Å². The predicted octanol–water partition coefficient (Wildman–Crippen LogP) is 6.84. The Morgan fingerprint density at radius 2 is 1.26 bits per heavy atom. The van der Waals surface area contributed by atoms with E-state index < -0.39 is 13.9 Å². The van der Waals surface area contributed by atoms with E-state index >= 15 is 0 Å². The maximum absolute atomic E-state index is 7.37. The average molecular weight is 426 g/mol. The van der Waals surface area contributed by atoms with E-state index in [2.05, 4.69) is 110 Å². The van der Waals surface area contributed by atoms with E-state index in [0.717, 1.165) is 13.0 Å². The van der Waals surface area contributed by atoms with Gasteiger partial charge in [0.1, 0.15) is 5.60 Å². The van der Waals surface area contributed by atoms with Crippen LogP contribution < -0.4 is 5.32 Å². The fraction of sp³-hybridized carbons (Fsp3) is 0.286. The predicted molar refractivity (Wildman–Crippen MR) is 134 cm³/mol. The summed E-state index contributed by atoms with van der Waals surface area (Å²) in [6, 6.07) is 31.1. The van der Waals surface area contributed by atoms with Crippen LogP contribution in [0.25, 0.3) is 21.5 Å². The van der Waals surface area contributed by atoms with Crippen LogP contribution in [0.1, 0.15) is 24.0 Å². The highest BCUT2D eigenvalue weighted by atomic mass is 28.4. The molecule has 31 heavy (non-hydrogen) atoms. The van der Waals surface area contributed by atoms with Gasteiger partial charge in [-0.3, -0.25) is 0 Å². The molecular formula is C28H31NOSi. The van der Waals surface area contributed by atoms with E-state index in [0.29, 0.717) is 0 Å². The zero-order chi connectivity index (χ0) is 21.5. The summed E-state index contributed by atoms with van der Waals surface area (Å²) in [5.74, 6) is 0. The Morgan fingerprint density at radius 1 is 0.742 bits per heavy atom. The third-order valence-electron chi connectivity index (χ3n) is 6.40. The summed E-state index contributed by atoms with van der Waals surface area (Å²) in [4.78, 5) is 0. The van der Waals surface area contributed by atoms with E-state index in [1.807, 2.05) is 0 Å². The minimum atomic E-state index is -1.94. The van der Waals surface area contributed by atoms with Crippen molar-refractivity contribution in [2.24, 2.45) is 0 Å². The Labute approximate surface area is 186 Å². The lowest BCUT2D eigenvalue weighted by atomic mass is 9.76. The highest BCUT2D eigenvalue weighted by molar-refractivity contribution is 6.69. The lowest BCUT2D eigenvalue weighted by Crippen LogP contribution is -2.53. The molecule has 0 radical (unpaired) electrons. The van der Waals surface area contributed by atoms with Gasteiger partial charge in [0.15, 0.2) is 8.32 Å². The summed E-state index contributed by atoms with van der Waals surface area (Å²) in [5.41, 5.74) is 2.02. The van der Waals surface area contributed by atoms with Crippen molar-refractivity contribution in [3.8, 4) is 0 Å². The molecule has 0 bridgehead atoms. The summed E-state index contributed by atoms with van der Waals surface area (Å²) in [7, 11) is -1.94. The van der Waals surface area contributed by atoms with Gasteiger partial charge >= 0.3 is 0 Å². The monoisotopic (exact) mass is 425 g/mol. The van der Waals surface area contributed by atoms with Crippen LogP contribution in [0.2, 0.25) is 19.6 Å². The summed E-state index contributed by atoms with van der Waals surface area (Å²) in [5, 5.41) is 8.94. The van der Waals surface area contributed by atoms with E-state index in [4.69, 9.17) is 4.43 Å². The number of hydrogen-bond donors (Lipinski definition) is 1. The largest absolute Gasteiger partial charge is 0.403 e. The van der Waals surface area contributed by atoms with Crippen LogP contribution in [-0.4, -0.2) is 20.9 Å². The van der Waals surface area contributed by atoms with Crippen molar-refractivity contribution in [3.05, 3.63) is 96.1 Å². The van der Waals surface area contributed by atoms with E-state index in [1.165, 1.54) is 39.1 Å². The van der Waals surface area contributed by atoms with Gasteiger partial charge in [0.25, 0.3) is 0 Å². The molecule has 3 heteroatoms. The van der Waals surface area contributed by atoms with Crippen molar-refractivity contribution >= 4 is 29.9 Å². The van der Waals surface area contributed by atoms with Crippen molar-refractivity contribution in [1.82, 2.24) is 5.32 Å². The summed E-state index contributed by atoms with van der Waals surface area (Å²) in [6.07, 6.45) is 2.29. The zero-order valence-corrected chi connectivity index (χ0v) is 19.7. The van der Waals surface area contributed by atoms with Crippen LogP contribution in [0.15, 0.2) is 84.9 Å². The first-order chi connectivity index (χ1) is 15.0. The molecule has 0 unspecified atom stereocenters. The fourth-order valence-electron chi connectivity index (χ4n) is 5.31. The van der Waals surface area contributed by atoms with Gasteiger partial charge in [-0.15, -0.1) is 0 Å². The van der Waals surface area contributed by atoms with Crippen molar-refractivity contribution < 1.29 is 4.43 Å². The first-order valence-corrected chi connectivity index (χ1v) is 14.8. The molecule has 1 aliphatic heterocycles. The lowest BCUT2D eigenvalue weighted by molar-refractivity contribution is 0.0668. The molecule has 4 aromatic carbocycles. The Bertz CT molecular complexity index is 1130. The van der Waals surface area contributed by atoms with E-state index in [1.54, 1.807) is 0 Å². The SMILES string of the molecule is C[Si](C)(C)OC(c1cccc2ccccc12)(c1cccc2ccccc12)[C@@H]1CCCN1. The summed E-state index contributed by atoms with van der Waals surface area (Å²) in [6.45, 7) is 7.98. The van der Waals surface area contributed by atoms with E-state index in [9.17, 15) is 0 Å². The van der Waals surface area contributed by atoms with E-state index in [-0.39, 0.29) is 6.04 Å². The third kappa shape index (κ3) is 3.61. The minimum absolute atomic E-state index is 0.232. The summed E-state index contributed by atoms with van der Waals surface area (Å²) < 4.78 is 7.37. The first-order valence-electron chi connectivity index (χ1n) is 11.4. The second-order valence-electron chi connectivity index (χ2n) is 9.65. The van der Waals surface area contributed by atoms with Crippen molar-refractivity contribution in [2.75, 3.05) is 6.54 Å². The van der Waals surface area contributed by atoms with Gasteiger partial charge in [-0.1, -0.05) is 84.9 Å². The van der Waals surface area contributed by atoms with Crippen molar-refractivity contribution in [3.63, 3.8) is 0 Å². The minimum Gasteiger partial charge on any atom is -0.403 e. The number of nitrogens with one attached hydrogen (secondary N) is 1. The molecular weight excluding hydrogens is 394 g/mol. The van der Waals surface area contributed by atoms with Crippen LogP contribution >= 0.6 is 0 Å². The maximum atomic E-state index is 7.37. The molecule has 1 heterocycles. The molecule has 1 N–H and O–H groups in total. The van der Waals surface area contributed by atoms with Gasteiger partial charge in [-0.2, -0.15) is 0 Å². The molecule has 1 atom stereocenters. The van der Waals surface area contributed by atoms with Crippen LogP contribution in [0, 0.1) is 0 Å². The number of benzene rings is 4. The molecule has 158 valence electrons. The Hall–Kier alpha value is -2.46. The molecule has 4 aromatic rings. The quantitative estimate of drug-likeness (QED) is 0.353. The Kier molecular flexibility index (Phi) is 5.21. The zero-order valence-electron chi connectivity index (χ0n) is 18.7. The van der Waals surface area contributed by atoms with Crippen LogP contribution in [0.5, 0.6) is 0 Å². The molecule has 5 rings (SSSR count). The average Bonchev–Trinajstić information content (AvgIpc) is 3.32. The topological polar surface area (TPSA) is 21.3 Å². The van der Waals surface area contributed by atoms with Gasteiger partial charge in [0.2, 0.25) is 0 Å². The molecule has 0 spiro atoms. The van der Waals surface area contributed by atoms with Gasteiger partial charge in [-0.25, -0.2) is 0 Å². The molecule has 1 fully saturated rings. The smallest absolute Gasteiger partial charge is 0.185 e. The third-order valence-corrected chi connectivity index (χ3v) is 7.33. The normalized spacial score (nSPS) is 17.5. The number of rotatable bonds is 5. The molecule has 2 nitrogen and oxygen atoms in total. The first kappa shape index (κ1) is 20.4. The Balaban J connectivity index is 1.91. The number of fused-ring (bicyclic) bond motifs is 2. The van der Waals surface area contributed by atoms with Gasteiger partial charge < -0.3 is 9.74 Å². The van der Waals surface area contributed by atoms with Crippen molar-refractivity contribution in [2.45, 2.75) is 44.1 Å². The van der Waals surface area contributed by atoms with Crippen LogP contribution in [-0.2, 0) is 10.0 Å². The highest BCUT2D eigenvalue weighted by Crippen LogP contribution is 2.47. The standard InChI is InChI=1S/C28H31NOSi/c1-31(2,3)30-28(27-19-10-20-29-27,25-17-8-13-21-11-4-6-15-23(21)25)26-18-9-14-22-12-5-7-16-24(22)26/h4-9,11-18,27,29H,10,19-20H2,1-3H3/t27-/m0/s1. The van der Waals surface area contributed by atoms with Gasteiger partial charge in [0.05, 0.1) is 0 Å². The van der Waals surface area contributed by atoms with Crippen LogP contribution in [0.4, 0.5) is 0 Å². The maximum Gasteiger partial charge on any atom is 0.185 e.